The minimum atomic E-state index is 0.479. The second kappa shape index (κ2) is 5.42. The molecule has 0 aliphatic carbocycles. The first-order valence-corrected chi connectivity index (χ1v) is 7.35. The van der Waals surface area contributed by atoms with Crippen LogP contribution in [-0.4, -0.2) is 18.2 Å². The molecule has 0 atom stereocenters. The number of benzene rings is 2. The molecule has 112 valence electrons. The van der Waals surface area contributed by atoms with E-state index in [9.17, 15) is 0 Å². The summed E-state index contributed by atoms with van der Waals surface area (Å²) in [4.78, 5) is 4.37. The van der Waals surface area contributed by atoms with Crippen LogP contribution in [0.15, 0.2) is 40.8 Å². The molecular formula is C16H13ClN2O3. The number of hydrogen-bond acceptors (Lipinski definition) is 5. The summed E-state index contributed by atoms with van der Waals surface area (Å²) in [5, 5.41) is 3.70. The molecule has 1 aliphatic rings. The van der Waals surface area contributed by atoms with Crippen molar-refractivity contribution in [3.8, 4) is 11.5 Å². The van der Waals surface area contributed by atoms with Crippen molar-refractivity contribution in [2.45, 2.75) is 6.54 Å². The van der Waals surface area contributed by atoms with Crippen molar-refractivity contribution < 1.29 is 13.9 Å². The molecule has 1 N–H and O–H groups in total. The molecule has 3 aromatic rings. The zero-order valence-corrected chi connectivity index (χ0v) is 12.4. The number of ether oxygens (including phenoxy) is 2. The Balaban J connectivity index is 1.55. The number of para-hydroxylation sites is 2. The number of oxazole rings is 1. The maximum Gasteiger partial charge on any atom is 0.295 e. The zero-order chi connectivity index (χ0) is 14.9. The van der Waals surface area contributed by atoms with E-state index in [1.807, 2.05) is 36.4 Å². The minimum absolute atomic E-state index is 0.479. The SMILES string of the molecule is Clc1cc(CNc2nc3ccccc3o2)cc2c1OCCO2. The van der Waals surface area contributed by atoms with Gasteiger partial charge in [-0.15, -0.1) is 0 Å². The monoisotopic (exact) mass is 316 g/mol. The Morgan fingerprint density at radius 3 is 2.91 bits per heavy atom. The van der Waals surface area contributed by atoms with E-state index in [1.165, 1.54) is 0 Å². The van der Waals surface area contributed by atoms with Gasteiger partial charge in [-0.25, -0.2) is 0 Å². The van der Waals surface area contributed by atoms with Gasteiger partial charge < -0.3 is 19.2 Å². The number of hydrogen-bond donors (Lipinski definition) is 1. The smallest absolute Gasteiger partial charge is 0.295 e. The second-order valence-corrected chi connectivity index (χ2v) is 5.35. The molecule has 0 fully saturated rings. The van der Waals surface area contributed by atoms with Gasteiger partial charge in [0.1, 0.15) is 18.7 Å². The molecule has 2 aromatic carbocycles. The summed E-state index contributed by atoms with van der Waals surface area (Å²) in [7, 11) is 0. The van der Waals surface area contributed by atoms with Gasteiger partial charge in [0, 0.05) is 6.54 Å². The van der Waals surface area contributed by atoms with Crippen LogP contribution in [0, 0.1) is 0 Å². The molecule has 0 saturated heterocycles. The van der Waals surface area contributed by atoms with Crippen LogP contribution < -0.4 is 14.8 Å². The van der Waals surface area contributed by atoms with Crippen molar-refractivity contribution in [2.24, 2.45) is 0 Å². The van der Waals surface area contributed by atoms with Gasteiger partial charge in [-0.2, -0.15) is 4.98 Å². The van der Waals surface area contributed by atoms with Crippen molar-refractivity contribution >= 4 is 28.7 Å². The summed E-state index contributed by atoms with van der Waals surface area (Å²) in [5.74, 6) is 1.28. The standard InChI is InChI=1S/C16H13ClN2O3/c17-11-7-10(8-14-15(11)21-6-5-20-14)9-18-16-19-12-3-1-2-4-13(12)22-16/h1-4,7-8H,5-6,9H2,(H,18,19). The van der Waals surface area contributed by atoms with E-state index in [0.717, 1.165) is 16.7 Å². The summed E-state index contributed by atoms with van der Waals surface area (Å²) in [6, 6.07) is 11.9. The molecule has 5 nitrogen and oxygen atoms in total. The number of rotatable bonds is 3. The number of fused-ring (bicyclic) bond motifs is 2. The summed E-state index contributed by atoms with van der Waals surface area (Å²) >= 11 is 6.22. The maximum absolute atomic E-state index is 6.22. The molecule has 1 aromatic heterocycles. The van der Waals surface area contributed by atoms with Crippen LogP contribution >= 0.6 is 11.6 Å². The fourth-order valence-electron chi connectivity index (χ4n) is 2.39. The van der Waals surface area contributed by atoms with Gasteiger partial charge in [-0.05, 0) is 29.8 Å². The van der Waals surface area contributed by atoms with Crippen molar-refractivity contribution in [3.63, 3.8) is 0 Å². The van der Waals surface area contributed by atoms with Crippen molar-refractivity contribution in [1.29, 1.82) is 0 Å². The molecule has 4 rings (SSSR count). The van der Waals surface area contributed by atoms with Gasteiger partial charge in [0.05, 0.1) is 5.02 Å². The Morgan fingerprint density at radius 2 is 2.00 bits per heavy atom. The highest BCUT2D eigenvalue weighted by atomic mass is 35.5. The molecular weight excluding hydrogens is 304 g/mol. The molecule has 6 heteroatoms. The number of aromatic nitrogens is 1. The van der Waals surface area contributed by atoms with Gasteiger partial charge in [0.2, 0.25) is 0 Å². The summed E-state index contributed by atoms with van der Waals surface area (Å²) in [6.45, 7) is 1.59. The topological polar surface area (TPSA) is 56.5 Å². The Labute approximate surface area is 131 Å². The fraction of sp³-hybridized carbons (Fsp3) is 0.188. The highest BCUT2D eigenvalue weighted by Crippen LogP contribution is 2.38. The first-order chi connectivity index (χ1) is 10.8. The van der Waals surface area contributed by atoms with Gasteiger partial charge in [0.25, 0.3) is 6.01 Å². The molecule has 2 heterocycles. The molecule has 0 radical (unpaired) electrons. The van der Waals surface area contributed by atoms with Gasteiger partial charge in [0.15, 0.2) is 17.1 Å². The fourth-order valence-corrected chi connectivity index (χ4v) is 2.68. The first kappa shape index (κ1) is 13.3. The third kappa shape index (κ3) is 2.44. The largest absolute Gasteiger partial charge is 0.486 e. The van der Waals surface area contributed by atoms with Gasteiger partial charge in [-0.1, -0.05) is 23.7 Å². The lowest BCUT2D eigenvalue weighted by molar-refractivity contribution is 0.171. The van der Waals surface area contributed by atoms with E-state index < -0.39 is 0 Å². The molecule has 22 heavy (non-hydrogen) atoms. The molecule has 0 unspecified atom stereocenters. The lowest BCUT2D eigenvalue weighted by Crippen LogP contribution is -2.16. The molecule has 0 bridgehead atoms. The highest BCUT2D eigenvalue weighted by molar-refractivity contribution is 6.32. The van der Waals surface area contributed by atoms with Crippen LogP contribution in [0.5, 0.6) is 11.5 Å². The van der Waals surface area contributed by atoms with E-state index in [0.29, 0.717) is 42.3 Å². The molecule has 0 saturated carbocycles. The number of halogens is 1. The lowest BCUT2D eigenvalue weighted by atomic mass is 10.2. The Kier molecular flexibility index (Phi) is 3.27. The predicted octanol–water partition coefficient (Wildman–Crippen LogP) is 3.86. The Bertz CT molecular complexity index is 798. The summed E-state index contributed by atoms with van der Waals surface area (Å²) in [5.41, 5.74) is 2.55. The minimum Gasteiger partial charge on any atom is -0.486 e. The highest BCUT2D eigenvalue weighted by Gasteiger charge is 2.16. The van der Waals surface area contributed by atoms with Crippen molar-refractivity contribution in [3.05, 3.63) is 47.0 Å². The van der Waals surface area contributed by atoms with Crippen molar-refractivity contribution in [2.75, 3.05) is 18.5 Å². The Hall–Kier alpha value is -2.40. The van der Waals surface area contributed by atoms with Gasteiger partial charge >= 0.3 is 0 Å². The lowest BCUT2D eigenvalue weighted by Gasteiger charge is -2.20. The molecule has 0 spiro atoms. The first-order valence-electron chi connectivity index (χ1n) is 6.97. The summed E-state index contributed by atoms with van der Waals surface area (Å²) < 4.78 is 16.7. The van der Waals surface area contributed by atoms with E-state index in [-0.39, 0.29) is 0 Å². The number of nitrogens with zero attached hydrogens (tertiary/aromatic N) is 1. The van der Waals surface area contributed by atoms with Crippen LogP contribution in [-0.2, 0) is 6.54 Å². The van der Waals surface area contributed by atoms with E-state index >= 15 is 0 Å². The quantitative estimate of drug-likeness (QED) is 0.795. The summed E-state index contributed by atoms with van der Waals surface area (Å²) in [6.07, 6.45) is 0. The van der Waals surface area contributed by atoms with Crippen LogP contribution in [0.4, 0.5) is 6.01 Å². The Morgan fingerprint density at radius 1 is 1.14 bits per heavy atom. The number of nitrogens with one attached hydrogen (secondary N) is 1. The van der Waals surface area contributed by atoms with Crippen LogP contribution in [0.1, 0.15) is 5.56 Å². The van der Waals surface area contributed by atoms with E-state index in [4.69, 9.17) is 25.5 Å². The second-order valence-electron chi connectivity index (χ2n) is 4.94. The average Bonchev–Trinajstić information content (AvgIpc) is 2.96. The third-order valence-electron chi connectivity index (χ3n) is 3.39. The van der Waals surface area contributed by atoms with E-state index in [2.05, 4.69) is 10.3 Å². The van der Waals surface area contributed by atoms with E-state index in [1.54, 1.807) is 0 Å². The molecule has 0 amide bonds. The van der Waals surface area contributed by atoms with Crippen LogP contribution in [0.3, 0.4) is 0 Å². The van der Waals surface area contributed by atoms with Crippen molar-refractivity contribution in [1.82, 2.24) is 4.98 Å². The normalized spacial score (nSPS) is 13.3. The number of anilines is 1. The average molecular weight is 317 g/mol. The third-order valence-corrected chi connectivity index (χ3v) is 3.67. The van der Waals surface area contributed by atoms with Gasteiger partial charge in [-0.3, -0.25) is 0 Å². The predicted molar refractivity (Wildman–Crippen MR) is 83.8 cm³/mol. The molecule has 1 aliphatic heterocycles. The zero-order valence-electron chi connectivity index (χ0n) is 11.6. The van der Waals surface area contributed by atoms with Crippen LogP contribution in [0.2, 0.25) is 5.02 Å². The maximum atomic E-state index is 6.22. The van der Waals surface area contributed by atoms with Crippen LogP contribution in [0.25, 0.3) is 11.1 Å².